The number of anilines is 2. The summed E-state index contributed by atoms with van der Waals surface area (Å²) in [7, 11) is 0. The highest BCUT2D eigenvalue weighted by molar-refractivity contribution is 6.32. The number of carboxylic acid groups (broad SMARTS) is 1. The Balaban J connectivity index is 1.52. The summed E-state index contributed by atoms with van der Waals surface area (Å²) in [5.74, 6) is -2.22. The zero-order chi connectivity index (χ0) is 23.2. The predicted octanol–water partition coefficient (Wildman–Crippen LogP) is 4.33. The van der Waals surface area contributed by atoms with E-state index in [1.165, 1.54) is 11.0 Å². The van der Waals surface area contributed by atoms with Gasteiger partial charge in [-0.05, 0) is 42.7 Å². The van der Waals surface area contributed by atoms with Crippen LogP contribution in [0.3, 0.4) is 0 Å². The number of halogens is 3. The van der Waals surface area contributed by atoms with Gasteiger partial charge in [0.25, 0.3) is 0 Å². The number of aryl methyl sites for hydroxylation is 1. The zero-order valence-electron chi connectivity index (χ0n) is 17.1. The van der Waals surface area contributed by atoms with Gasteiger partial charge < -0.3 is 10.0 Å². The molecule has 2 fully saturated rings. The van der Waals surface area contributed by atoms with E-state index in [-0.39, 0.29) is 48.6 Å². The molecule has 2 aliphatic heterocycles. The van der Waals surface area contributed by atoms with E-state index in [4.69, 9.17) is 23.2 Å². The molecule has 0 saturated carbocycles. The summed E-state index contributed by atoms with van der Waals surface area (Å²) in [6, 6.07) is 7.76. The molecule has 0 bridgehead atoms. The highest BCUT2D eigenvalue weighted by Gasteiger charge is 2.38. The maximum atomic E-state index is 15.1. The number of nitrogens with zero attached hydrogens (tertiary/aromatic N) is 2. The second-order valence-electron chi connectivity index (χ2n) is 7.95. The van der Waals surface area contributed by atoms with Gasteiger partial charge in [-0.1, -0.05) is 35.3 Å². The van der Waals surface area contributed by atoms with E-state index in [9.17, 15) is 19.5 Å². The minimum atomic E-state index is -1.12. The van der Waals surface area contributed by atoms with Crippen molar-refractivity contribution in [2.24, 2.45) is 0 Å². The van der Waals surface area contributed by atoms with Crippen LogP contribution in [0.4, 0.5) is 20.6 Å². The van der Waals surface area contributed by atoms with Gasteiger partial charge in [-0.25, -0.2) is 9.18 Å². The Labute approximate surface area is 193 Å². The van der Waals surface area contributed by atoms with E-state index in [2.05, 4.69) is 5.32 Å². The van der Waals surface area contributed by atoms with Crippen LogP contribution in [-0.4, -0.2) is 42.1 Å². The third-order valence-electron chi connectivity index (χ3n) is 5.91. The molecule has 2 aromatic rings. The number of carbonyl (C=O) groups is 3. The van der Waals surface area contributed by atoms with E-state index in [0.29, 0.717) is 16.3 Å². The highest BCUT2D eigenvalue weighted by Crippen LogP contribution is 2.38. The molecule has 10 heteroatoms. The van der Waals surface area contributed by atoms with Crippen molar-refractivity contribution in [2.75, 3.05) is 22.9 Å². The van der Waals surface area contributed by atoms with Crippen LogP contribution in [0.2, 0.25) is 10.0 Å². The predicted molar refractivity (Wildman–Crippen MR) is 119 cm³/mol. The first kappa shape index (κ1) is 22.4. The normalized spacial score (nSPS) is 18.9. The van der Waals surface area contributed by atoms with Crippen molar-refractivity contribution in [3.05, 3.63) is 57.3 Å². The van der Waals surface area contributed by atoms with Gasteiger partial charge in [0.1, 0.15) is 0 Å². The van der Waals surface area contributed by atoms with Crippen LogP contribution in [0, 0.1) is 12.7 Å². The number of piperidine rings is 1. The highest BCUT2D eigenvalue weighted by atomic mass is 35.5. The lowest BCUT2D eigenvalue weighted by Crippen LogP contribution is -2.61. The Hall–Kier alpha value is -2.84. The van der Waals surface area contributed by atoms with E-state index < -0.39 is 23.7 Å². The molecule has 0 aliphatic carbocycles. The van der Waals surface area contributed by atoms with Crippen LogP contribution < -0.4 is 15.1 Å². The Bertz CT molecular complexity index is 1120. The maximum Gasteiger partial charge on any atom is 0.412 e. The van der Waals surface area contributed by atoms with Crippen molar-refractivity contribution >= 4 is 52.5 Å². The molecule has 168 valence electrons. The zero-order valence-corrected chi connectivity index (χ0v) is 18.6. The first-order chi connectivity index (χ1) is 15.2. The SMILES string of the molecule is Cc1ccc(N(C(=O)O)C2CN(c3ccc(C4CCC(=O)NC4=O)c(Cl)c3F)C2)cc1Cl. The standard InChI is InChI=1S/C22H20Cl2FN3O4/c1-11-2-3-12(8-16(11)23)28(22(31)32)13-9-27(10-13)17-6-4-14(19(24)20(17)25)15-5-7-18(29)26-21(15)30/h2-4,6,8,13,15H,5,7,9-10H2,1H3,(H,31,32)(H,26,29,30). The smallest absolute Gasteiger partial charge is 0.412 e. The first-order valence-corrected chi connectivity index (χ1v) is 10.8. The summed E-state index contributed by atoms with van der Waals surface area (Å²) in [6.45, 7) is 2.36. The molecule has 0 radical (unpaired) electrons. The topological polar surface area (TPSA) is 90.0 Å². The fourth-order valence-electron chi connectivity index (χ4n) is 4.08. The molecule has 2 heterocycles. The van der Waals surface area contributed by atoms with Gasteiger partial charge in [0.15, 0.2) is 5.82 Å². The Kier molecular flexibility index (Phi) is 6.01. The van der Waals surface area contributed by atoms with Crippen LogP contribution in [0.25, 0.3) is 0 Å². The fourth-order valence-corrected chi connectivity index (χ4v) is 4.55. The lowest BCUT2D eigenvalue weighted by Gasteiger charge is -2.45. The van der Waals surface area contributed by atoms with Gasteiger partial charge in [0, 0.05) is 30.2 Å². The Morgan fingerprint density at radius 2 is 1.94 bits per heavy atom. The van der Waals surface area contributed by atoms with Crippen molar-refractivity contribution in [1.82, 2.24) is 5.32 Å². The Morgan fingerprint density at radius 3 is 2.56 bits per heavy atom. The van der Waals surface area contributed by atoms with Crippen LogP contribution in [0.1, 0.15) is 29.9 Å². The molecule has 2 aromatic carbocycles. The summed E-state index contributed by atoms with van der Waals surface area (Å²) < 4.78 is 15.1. The molecular weight excluding hydrogens is 460 g/mol. The van der Waals surface area contributed by atoms with E-state index in [1.54, 1.807) is 29.2 Å². The fraction of sp³-hybridized carbons (Fsp3) is 0.318. The number of imide groups is 1. The molecule has 2 aliphatic rings. The van der Waals surface area contributed by atoms with Gasteiger partial charge in [-0.15, -0.1) is 0 Å². The van der Waals surface area contributed by atoms with Crippen molar-refractivity contribution < 1.29 is 23.9 Å². The molecule has 1 atom stereocenters. The summed E-state index contributed by atoms with van der Waals surface area (Å²) in [6.07, 6.45) is -0.694. The largest absolute Gasteiger partial charge is 0.465 e. The van der Waals surface area contributed by atoms with Crippen molar-refractivity contribution in [2.45, 2.75) is 31.7 Å². The van der Waals surface area contributed by atoms with Crippen LogP contribution in [0.5, 0.6) is 0 Å². The lowest BCUT2D eigenvalue weighted by molar-refractivity contribution is -0.134. The molecule has 2 N–H and O–H groups in total. The summed E-state index contributed by atoms with van der Waals surface area (Å²) in [4.78, 5) is 38.3. The van der Waals surface area contributed by atoms with Gasteiger partial charge >= 0.3 is 6.09 Å². The van der Waals surface area contributed by atoms with Crippen molar-refractivity contribution in [1.29, 1.82) is 0 Å². The summed E-state index contributed by atoms with van der Waals surface area (Å²) in [5.41, 5.74) is 1.85. The van der Waals surface area contributed by atoms with Crippen molar-refractivity contribution in [3.8, 4) is 0 Å². The summed E-state index contributed by atoms with van der Waals surface area (Å²) >= 11 is 12.4. The second kappa shape index (κ2) is 8.60. The number of rotatable bonds is 4. The van der Waals surface area contributed by atoms with Crippen LogP contribution in [0.15, 0.2) is 30.3 Å². The monoisotopic (exact) mass is 479 g/mol. The molecule has 3 amide bonds. The quantitative estimate of drug-likeness (QED) is 0.636. The molecule has 0 spiro atoms. The van der Waals surface area contributed by atoms with Gasteiger partial charge in [-0.2, -0.15) is 0 Å². The van der Waals surface area contributed by atoms with Crippen LogP contribution in [-0.2, 0) is 9.59 Å². The molecule has 2 saturated heterocycles. The minimum Gasteiger partial charge on any atom is -0.465 e. The molecule has 1 unspecified atom stereocenters. The molecule has 32 heavy (non-hydrogen) atoms. The van der Waals surface area contributed by atoms with E-state index in [1.807, 2.05) is 6.92 Å². The van der Waals surface area contributed by atoms with Crippen LogP contribution >= 0.6 is 23.2 Å². The molecule has 0 aromatic heterocycles. The maximum absolute atomic E-state index is 15.1. The Morgan fingerprint density at radius 1 is 1.22 bits per heavy atom. The van der Waals surface area contributed by atoms with Gasteiger partial charge in [0.2, 0.25) is 11.8 Å². The van der Waals surface area contributed by atoms with Gasteiger partial charge in [0.05, 0.1) is 22.7 Å². The third kappa shape index (κ3) is 4.00. The molecule has 7 nitrogen and oxygen atoms in total. The molecule has 4 rings (SSSR count). The first-order valence-electron chi connectivity index (χ1n) is 10.0. The number of benzene rings is 2. The van der Waals surface area contributed by atoms with E-state index in [0.717, 1.165) is 5.56 Å². The number of amides is 3. The van der Waals surface area contributed by atoms with Gasteiger partial charge in [-0.3, -0.25) is 19.8 Å². The third-order valence-corrected chi connectivity index (χ3v) is 6.71. The van der Waals surface area contributed by atoms with Crippen molar-refractivity contribution in [3.63, 3.8) is 0 Å². The van der Waals surface area contributed by atoms with E-state index >= 15 is 4.39 Å². The molecular formula is C22H20Cl2FN3O4. The summed E-state index contributed by atoms with van der Waals surface area (Å²) in [5, 5.41) is 12.3. The second-order valence-corrected chi connectivity index (χ2v) is 8.74. The number of hydrogen-bond acceptors (Lipinski definition) is 4. The number of carbonyl (C=O) groups excluding carboxylic acids is 2. The minimum absolute atomic E-state index is 0.165. The average Bonchev–Trinajstić information content (AvgIpc) is 2.70. The average molecular weight is 480 g/mol. The number of hydrogen-bond donors (Lipinski definition) is 2. The lowest BCUT2D eigenvalue weighted by atomic mass is 9.90. The number of nitrogens with one attached hydrogen (secondary N) is 1.